The van der Waals surface area contributed by atoms with Crippen molar-refractivity contribution < 1.29 is 14.3 Å². The van der Waals surface area contributed by atoms with Gasteiger partial charge in [0.1, 0.15) is 0 Å². The molecule has 1 saturated carbocycles. The van der Waals surface area contributed by atoms with Gasteiger partial charge in [-0.15, -0.1) is 0 Å². The van der Waals surface area contributed by atoms with E-state index >= 15 is 0 Å². The van der Waals surface area contributed by atoms with E-state index in [0.717, 1.165) is 32.2 Å². The average Bonchev–Trinajstić information content (AvgIpc) is 2.40. The molecule has 0 N–H and O–H groups in total. The van der Waals surface area contributed by atoms with Gasteiger partial charge in [-0.1, -0.05) is 0 Å². The van der Waals surface area contributed by atoms with Gasteiger partial charge in [0.2, 0.25) is 5.91 Å². The third-order valence-corrected chi connectivity index (χ3v) is 4.20. The van der Waals surface area contributed by atoms with E-state index in [1.54, 1.807) is 0 Å². The molecule has 0 aromatic rings. The molecule has 0 unspecified atom stereocenters. The fraction of sp³-hybridized carbons (Fsp3) is 0.875. The lowest BCUT2D eigenvalue weighted by molar-refractivity contribution is -0.144. The van der Waals surface area contributed by atoms with Crippen molar-refractivity contribution in [2.45, 2.75) is 65.8 Å². The molecule has 4 nitrogen and oxygen atoms in total. The summed E-state index contributed by atoms with van der Waals surface area (Å²) in [5.74, 6) is 0.736. The van der Waals surface area contributed by atoms with Gasteiger partial charge in [-0.05, 0) is 59.3 Å². The minimum absolute atomic E-state index is 0.0976. The number of hydrogen-bond acceptors (Lipinski definition) is 3. The predicted molar refractivity (Wildman–Crippen MR) is 79.2 cm³/mol. The number of nitrogens with zero attached hydrogens (tertiary/aromatic N) is 1. The van der Waals surface area contributed by atoms with E-state index in [4.69, 9.17) is 4.74 Å². The van der Waals surface area contributed by atoms with E-state index in [1.165, 1.54) is 0 Å². The largest absolute Gasteiger partial charge is 0.466 e. The summed E-state index contributed by atoms with van der Waals surface area (Å²) in [6.07, 6.45) is 4.25. The SMILES string of the molecule is CCOC(=O)CC1CCC(C(=O)N(CC)C(C)C)CC1. The molecule has 1 amide bonds. The zero-order chi connectivity index (χ0) is 15.1. The molecule has 1 rings (SSSR count). The zero-order valence-corrected chi connectivity index (χ0v) is 13.4. The van der Waals surface area contributed by atoms with Crippen LogP contribution in [-0.2, 0) is 14.3 Å². The second kappa shape index (κ2) is 8.28. The molecule has 20 heavy (non-hydrogen) atoms. The highest BCUT2D eigenvalue weighted by Gasteiger charge is 2.30. The van der Waals surface area contributed by atoms with Gasteiger partial charge in [-0.25, -0.2) is 0 Å². The van der Waals surface area contributed by atoms with Gasteiger partial charge in [0.25, 0.3) is 0 Å². The molecule has 0 aromatic carbocycles. The van der Waals surface area contributed by atoms with E-state index in [9.17, 15) is 9.59 Å². The Morgan fingerprint density at radius 2 is 1.75 bits per heavy atom. The van der Waals surface area contributed by atoms with Crippen LogP contribution >= 0.6 is 0 Å². The van der Waals surface area contributed by atoms with Crippen molar-refractivity contribution in [3.63, 3.8) is 0 Å². The Balaban J connectivity index is 2.41. The minimum Gasteiger partial charge on any atom is -0.466 e. The second-order valence-corrected chi connectivity index (χ2v) is 5.94. The van der Waals surface area contributed by atoms with Crippen molar-refractivity contribution in [1.29, 1.82) is 0 Å². The van der Waals surface area contributed by atoms with Crippen molar-refractivity contribution in [3.05, 3.63) is 0 Å². The quantitative estimate of drug-likeness (QED) is 0.704. The summed E-state index contributed by atoms with van der Waals surface area (Å²) >= 11 is 0. The van der Waals surface area contributed by atoms with Crippen LogP contribution < -0.4 is 0 Å². The van der Waals surface area contributed by atoms with Gasteiger partial charge >= 0.3 is 5.97 Å². The molecule has 0 saturated heterocycles. The fourth-order valence-electron chi connectivity index (χ4n) is 3.08. The van der Waals surface area contributed by atoms with Gasteiger partial charge in [0.05, 0.1) is 6.61 Å². The monoisotopic (exact) mass is 283 g/mol. The van der Waals surface area contributed by atoms with E-state index in [-0.39, 0.29) is 23.8 Å². The van der Waals surface area contributed by atoms with Gasteiger partial charge in [0, 0.05) is 24.9 Å². The lowest BCUT2D eigenvalue weighted by Crippen LogP contribution is -2.41. The van der Waals surface area contributed by atoms with Gasteiger partial charge in [0.15, 0.2) is 0 Å². The lowest BCUT2D eigenvalue weighted by Gasteiger charge is -2.33. The van der Waals surface area contributed by atoms with Crippen LogP contribution in [0, 0.1) is 11.8 Å². The molecular formula is C16H29NO3. The van der Waals surface area contributed by atoms with Crippen LogP contribution in [0.4, 0.5) is 0 Å². The van der Waals surface area contributed by atoms with Crippen LogP contribution in [0.3, 0.4) is 0 Å². The molecule has 1 aliphatic rings. The van der Waals surface area contributed by atoms with Gasteiger partial charge in [-0.3, -0.25) is 9.59 Å². The molecule has 0 aliphatic heterocycles. The summed E-state index contributed by atoms with van der Waals surface area (Å²) in [5.41, 5.74) is 0. The summed E-state index contributed by atoms with van der Waals surface area (Å²) < 4.78 is 4.99. The molecule has 1 fully saturated rings. The summed E-state index contributed by atoms with van der Waals surface area (Å²) in [6, 6.07) is 0.268. The van der Waals surface area contributed by atoms with E-state index < -0.39 is 0 Å². The Bertz CT molecular complexity index is 320. The fourth-order valence-corrected chi connectivity index (χ4v) is 3.08. The number of carbonyl (C=O) groups is 2. The first-order valence-corrected chi connectivity index (χ1v) is 7.95. The molecule has 0 radical (unpaired) electrons. The topological polar surface area (TPSA) is 46.6 Å². The highest BCUT2D eigenvalue weighted by molar-refractivity contribution is 5.79. The normalized spacial score (nSPS) is 22.6. The lowest BCUT2D eigenvalue weighted by atomic mass is 9.80. The van der Waals surface area contributed by atoms with Crippen molar-refractivity contribution in [1.82, 2.24) is 4.90 Å². The van der Waals surface area contributed by atoms with Crippen LogP contribution in [0.15, 0.2) is 0 Å². The van der Waals surface area contributed by atoms with E-state index in [0.29, 0.717) is 18.9 Å². The third kappa shape index (κ3) is 4.80. The second-order valence-electron chi connectivity index (χ2n) is 5.94. The van der Waals surface area contributed by atoms with Crippen molar-refractivity contribution in [2.24, 2.45) is 11.8 Å². The first kappa shape index (κ1) is 17.0. The van der Waals surface area contributed by atoms with Crippen LogP contribution in [0.1, 0.15) is 59.8 Å². The first-order valence-electron chi connectivity index (χ1n) is 7.95. The van der Waals surface area contributed by atoms with Crippen LogP contribution in [0.2, 0.25) is 0 Å². The van der Waals surface area contributed by atoms with Gasteiger partial charge < -0.3 is 9.64 Å². The zero-order valence-electron chi connectivity index (χ0n) is 13.4. The van der Waals surface area contributed by atoms with E-state index in [1.807, 2.05) is 18.7 Å². The molecule has 0 aromatic heterocycles. The first-order chi connectivity index (χ1) is 9.49. The van der Waals surface area contributed by atoms with Crippen LogP contribution in [-0.4, -0.2) is 36.0 Å². The maximum atomic E-state index is 12.4. The Hall–Kier alpha value is -1.06. The highest BCUT2D eigenvalue weighted by Crippen LogP contribution is 2.32. The molecular weight excluding hydrogens is 254 g/mol. The number of hydrogen-bond donors (Lipinski definition) is 0. The summed E-state index contributed by atoms with van der Waals surface area (Å²) in [4.78, 5) is 25.9. The molecule has 4 heteroatoms. The third-order valence-electron chi connectivity index (χ3n) is 4.20. The van der Waals surface area contributed by atoms with Crippen molar-refractivity contribution in [2.75, 3.05) is 13.2 Å². The van der Waals surface area contributed by atoms with E-state index in [2.05, 4.69) is 13.8 Å². The molecule has 1 aliphatic carbocycles. The highest BCUT2D eigenvalue weighted by atomic mass is 16.5. The summed E-state index contributed by atoms with van der Waals surface area (Å²) in [7, 11) is 0. The van der Waals surface area contributed by atoms with Crippen LogP contribution in [0.5, 0.6) is 0 Å². The average molecular weight is 283 g/mol. The molecule has 0 spiro atoms. The molecule has 0 bridgehead atoms. The molecule has 0 heterocycles. The minimum atomic E-state index is -0.0976. The van der Waals surface area contributed by atoms with Crippen LogP contribution in [0.25, 0.3) is 0 Å². The van der Waals surface area contributed by atoms with Gasteiger partial charge in [-0.2, -0.15) is 0 Å². The number of amides is 1. The standard InChI is InChI=1S/C16H29NO3/c1-5-17(12(3)4)16(19)14-9-7-13(8-10-14)11-15(18)20-6-2/h12-14H,5-11H2,1-4H3. The number of esters is 1. The smallest absolute Gasteiger partial charge is 0.306 e. The summed E-state index contributed by atoms with van der Waals surface area (Å²) in [6.45, 7) is 9.22. The Labute approximate surface area is 122 Å². The van der Waals surface area contributed by atoms with Crippen molar-refractivity contribution in [3.8, 4) is 0 Å². The number of carbonyl (C=O) groups excluding carboxylic acids is 2. The number of rotatable bonds is 6. The number of ether oxygens (including phenoxy) is 1. The van der Waals surface area contributed by atoms with Crippen molar-refractivity contribution >= 4 is 11.9 Å². The molecule has 116 valence electrons. The maximum absolute atomic E-state index is 12.4. The summed E-state index contributed by atoms with van der Waals surface area (Å²) in [5, 5.41) is 0. The molecule has 0 atom stereocenters. The maximum Gasteiger partial charge on any atom is 0.306 e. The Morgan fingerprint density at radius 1 is 1.15 bits per heavy atom. The predicted octanol–water partition coefficient (Wildman–Crippen LogP) is 3.00. The Morgan fingerprint density at radius 3 is 2.20 bits per heavy atom. The Kier molecular flexibility index (Phi) is 7.03.